The van der Waals surface area contributed by atoms with E-state index in [9.17, 15) is 13.6 Å². The van der Waals surface area contributed by atoms with E-state index in [1.807, 2.05) is 30.3 Å². The van der Waals surface area contributed by atoms with Gasteiger partial charge in [0, 0.05) is 5.92 Å². The topological polar surface area (TPSA) is 26.3 Å². The van der Waals surface area contributed by atoms with Gasteiger partial charge in [0.15, 0.2) is 0 Å². The molecule has 0 fully saturated rings. The standard InChI is InChI=1S/C14H18F2O2/c1-2-18-13(17)10-12(14(15)16)9-8-11-6-4-3-5-7-11/h3-7,12,14H,2,8-10H2,1H3. The van der Waals surface area contributed by atoms with Gasteiger partial charge in [0.2, 0.25) is 6.43 Å². The Morgan fingerprint density at radius 1 is 1.28 bits per heavy atom. The second kappa shape index (κ2) is 7.80. The lowest BCUT2D eigenvalue weighted by Crippen LogP contribution is -2.18. The fourth-order valence-corrected chi connectivity index (χ4v) is 1.75. The maximum atomic E-state index is 12.8. The Bertz CT molecular complexity index is 352. The lowest BCUT2D eigenvalue weighted by molar-refractivity contribution is -0.145. The first kappa shape index (κ1) is 14.6. The summed E-state index contributed by atoms with van der Waals surface area (Å²) in [7, 11) is 0. The number of hydrogen-bond acceptors (Lipinski definition) is 2. The molecule has 1 atom stereocenters. The zero-order valence-corrected chi connectivity index (χ0v) is 10.4. The normalized spacial score (nSPS) is 12.4. The molecule has 0 heterocycles. The molecule has 1 rings (SSSR count). The molecule has 0 N–H and O–H groups in total. The predicted molar refractivity (Wildman–Crippen MR) is 65.5 cm³/mol. The SMILES string of the molecule is CCOC(=O)CC(CCc1ccccc1)C(F)F. The summed E-state index contributed by atoms with van der Waals surface area (Å²) >= 11 is 0. The van der Waals surface area contributed by atoms with Gasteiger partial charge in [-0.15, -0.1) is 0 Å². The second-order valence-electron chi connectivity index (χ2n) is 4.13. The summed E-state index contributed by atoms with van der Waals surface area (Å²) in [4.78, 5) is 11.2. The van der Waals surface area contributed by atoms with Gasteiger partial charge in [-0.1, -0.05) is 30.3 Å². The van der Waals surface area contributed by atoms with E-state index in [0.29, 0.717) is 12.8 Å². The highest BCUT2D eigenvalue weighted by molar-refractivity contribution is 5.69. The molecule has 18 heavy (non-hydrogen) atoms. The highest BCUT2D eigenvalue weighted by Crippen LogP contribution is 2.21. The fraction of sp³-hybridized carbons (Fsp3) is 0.500. The molecule has 0 saturated carbocycles. The molecule has 0 radical (unpaired) electrons. The fourth-order valence-electron chi connectivity index (χ4n) is 1.75. The first-order valence-electron chi connectivity index (χ1n) is 6.11. The predicted octanol–water partition coefficient (Wildman–Crippen LogP) is 3.45. The Kier molecular flexibility index (Phi) is 6.33. The summed E-state index contributed by atoms with van der Waals surface area (Å²) in [6, 6.07) is 9.42. The Labute approximate surface area is 106 Å². The van der Waals surface area contributed by atoms with Crippen LogP contribution in [0.25, 0.3) is 0 Å². The van der Waals surface area contributed by atoms with E-state index in [4.69, 9.17) is 4.74 Å². The third-order valence-corrected chi connectivity index (χ3v) is 2.74. The first-order valence-corrected chi connectivity index (χ1v) is 6.11. The number of aryl methyl sites for hydroxylation is 1. The van der Waals surface area contributed by atoms with E-state index in [2.05, 4.69) is 0 Å². The molecule has 0 aliphatic carbocycles. The quantitative estimate of drug-likeness (QED) is 0.698. The van der Waals surface area contributed by atoms with Crippen LogP contribution in [0, 0.1) is 5.92 Å². The molecule has 100 valence electrons. The summed E-state index contributed by atoms with van der Waals surface area (Å²) in [6.07, 6.45) is -1.85. The molecule has 0 aromatic heterocycles. The molecular formula is C14H18F2O2. The number of rotatable bonds is 7. The number of hydrogen-bond donors (Lipinski definition) is 0. The van der Waals surface area contributed by atoms with E-state index in [1.165, 1.54) is 0 Å². The first-order chi connectivity index (χ1) is 8.63. The number of alkyl halides is 2. The summed E-state index contributed by atoms with van der Waals surface area (Å²) in [6.45, 7) is 1.90. The van der Waals surface area contributed by atoms with Crippen LogP contribution in [-0.4, -0.2) is 19.0 Å². The Morgan fingerprint density at radius 2 is 1.94 bits per heavy atom. The van der Waals surface area contributed by atoms with Crippen LogP contribution in [0.4, 0.5) is 8.78 Å². The lowest BCUT2D eigenvalue weighted by atomic mass is 9.97. The van der Waals surface area contributed by atoms with Crippen molar-refractivity contribution in [3.8, 4) is 0 Å². The third kappa shape index (κ3) is 5.25. The number of benzene rings is 1. The molecule has 1 aromatic rings. The average Bonchev–Trinajstić information content (AvgIpc) is 2.35. The van der Waals surface area contributed by atoms with Gasteiger partial charge >= 0.3 is 5.97 Å². The van der Waals surface area contributed by atoms with Crippen molar-refractivity contribution >= 4 is 5.97 Å². The van der Waals surface area contributed by atoms with E-state index in [1.54, 1.807) is 6.92 Å². The molecule has 0 saturated heterocycles. The highest BCUT2D eigenvalue weighted by atomic mass is 19.3. The maximum Gasteiger partial charge on any atom is 0.306 e. The molecule has 0 aliphatic heterocycles. The number of ether oxygens (including phenoxy) is 1. The van der Waals surface area contributed by atoms with Crippen molar-refractivity contribution in [3.05, 3.63) is 35.9 Å². The van der Waals surface area contributed by atoms with Gasteiger partial charge in [0.1, 0.15) is 0 Å². The molecule has 2 nitrogen and oxygen atoms in total. The van der Waals surface area contributed by atoms with Gasteiger partial charge in [0.05, 0.1) is 13.0 Å². The van der Waals surface area contributed by atoms with Gasteiger partial charge in [0.25, 0.3) is 0 Å². The monoisotopic (exact) mass is 256 g/mol. The molecule has 4 heteroatoms. The smallest absolute Gasteiger partial charge is 0.306 e. The molecular weight excluding hydrogens is 238 g/mol. The van der Waals surface area contributed by atoms with Crippen molar-refractivity contribution < 1.29 is 18.3 Å². The van der Waals surface area contributed by atoms with Crippen LogP contribution in [0.2, 0.25) is 0 Å². The van der Waals surface area contributed by atoms with E-state index in [-0.39, 0.29) is 13.0 Å². The van der Waals surface area contributed by atoms with Crippen LogP contribution in [-0.2, 0) is 16.0 Å². The van der Waals surface area contributed by atoms with Gasteiger partial charge < -0.3 is 4.74 Å². The molecule has 1 aromatic carbocycles. The summed E-state index contributed by atoms with van der Waals surface area (Å²) < 4.78 is 30.3. The maximum absolute atomic E-state index is 12.8. The minimum Gasteiger partial charge on any atom is -0.466 e. The largest absolute Gasteiger partial charge is 0.466 e. The second-order valence-corrected chi connectivity index (χ2v) is 4.13. The number of halogens is 2. The van der Waals surface area contributed by atoms with Crippen LogP contribution >= 0.6 is 0 Å². The highest BCUT2D eigenvalue weighted by Gasteiger charge is 2.23. The number of carbonyl (C=O) groups excluding carboxylic acids is 1. The van der Waals surface area contributed by atoms with E-state index >= 15 is 0 Å². The van der Waals surface area contributed by atoms with Crippen molar-refractivity contribution in [2.24, 2.45) is 5.92 Å². The Hall–Kier alpha value is -1.45. The van der Waals surface area contributed by atoms with Crippen LogP contribution in [0.5, 0.6) is 0 Å². The lowest BCUT2D eigenvalue weighted by Gasteiger charge is -2.15. The molecule has 1 unspecified atom stereocenters. The number of esters is 1. The van der Waals surface area contributed by atoms with Gasteiger partial charge in [-0.25, -0.2) is 8.78 Å². The number of carbonyl (C=O) groups is 1. The molecule has 0 amide bonds. The molecule has 0 bridgehead atoms. The summed E-state index contributed by atoms with van der Waals surface area (Å²) in [5.74, 6) is -1.47. The minimum absolute atomic E-state index is 0.210. The zero-order chi connectivity index (χ0) is 13.4. The van der Waals surface area contributed by atoms with Crippen LogP contribution in [0.3, 0.4) is 0 Å². The Morgan fingerprint density at radius 3 is 2.50 bits per heavy atom. The van der Waals surface area contributed by atoms with Gasteiger partial charge in [-0.3, -0.25) is 4.79 Å². The van der Waals surface area contributed by atoms with Crippen molar-refractivity contribution in [1.29, 1.82) is 0 Å². The van der Waals surface area contributed by atoms with Crippen LogP contribution < -0.4 is 0 Å². The molecule has 0 spiro atoms. The van der Waals surface area contributed by atoms with Gasteiger partial charge in [-0.05, 0) is 25.3 Å². The van der Waals surface area contributed by atoms with Crippen molar-refractivity contribution in [2.75, 3.05) is 6.61 Å². The van der Waals surface area contributed by atoms with Gasteiger partial charge in [-0.2, -0.15) is 0 Å². The minimum atomic E-state index is -2.49. The zero-order valence-electron chi connectivity index (χ0n) is 10.4. The van der Waals surface area contributed by atoms with Crippen LogP contribution in [0.15, 0.2) is 30.3 Å². The van der Waals surface area contributed by atoms with Crippen LogP contribution in [0.1, 0.15) is 25.3 Å². The van der Waals surface area contributed by atoms with Crippen molar-refractivity contribution in [2.45, 2.75) is 32.6 Å². The van der Waals surface area contributed by atoms with Crippen molar-refractivity contribution in [1.82, 2.24) is 0 Å². The van der Waals surface area contributed by atoms with E-state index in [0.717, 1.165) is 5.56 Å². The average molecular weight is 256 g/mol. The van der Waals surface area contributed by atoms with Crippen molar-refractivity contribution in [3.63, 3.8) is 0 Å². The summed E-state index contributed by atoms with van der Waals surface area (Å²) in [5, 5.41) is 0. The summed E-state index contributed by atoms with van der Waals surface area (Å²) in [5.41, 5.74) is 1.01. The molecule has 0 aliphatic rings. The van der Waals surface area contributed by atoms with E-state index < -0.39 is 18.3 Å². The third-order valence-electron chi connectivity index (χ3n) is 2.74. The Balaban J connectivity index is 2.46.